The fraction of sp³-hybridized carbons (Fsp3) is 0.0303. The van der Waals surface area contributed by atoms with Gasteiger partial charge in [0.15, 0.2) is 0 Å². The number of aromatic nitrogens is 4. The summed E-state index contributed by atoms with van der Waals surface area (Å²) < 4.78 is 4.91. The molecule has 0 N–H and O–H groups in total. The van der Waals surface area contributed by atoms with Gasteiger partial charge in [0.2, 0.25) is 0 Å². The second-order valence-electron chi connectivity index (χ2n) is 18.5. The second kappa shape index (κ2) is 17.8. The molecule has 0 saturated heterocycles. The highest BCUT2D eigenvalue weighted by atomic mass is 15.1. The summed E-state index contributed by atoms with van der Waals surface area (Å²) in [6.45, 7) is 4.39. The van der Waals surface area contributed by atoms with Gasteiger partial charge in [0.1, 0.15) is 6.33 Å². The molecule has 0 aliphatic rings. The standard InChI is InChI=1S/C66H48N6/c1-45-35-47(36-46(2)66(45)49-42-67-44-68-43-49)48-37-56(71-62-29-17-15-27-58(62)60-40-54(31-33-64(60)71)69(50-19-7-3-8-20-50)51-21-9-4-10-22-51)39-57(38-48)72-63-30-18-16-28-59(63)61-41-55(32-34-65(61)72)70(52-23-11-5-12-24-52)53-25-13-6-14-26-53/h3-44H,1-2H3. The molecule has 3 heterocycles. The van der Waals surface area contributed by atoms with Crippen molar-refractivity contribution in [3.05, 3.63) is 266 Å². The number of nitrogens with zero attached hydrogens (tertiary/aromatic N) is 6. The van der Waals surface area contributed by atoms with Crippen molar-refractivity contribution >= 4 is 77.7 Å². The number of benzene rings is 10. The quantitative estimate of drug-likeness (QED) is 0.137. The Balaban J connectivity index is 1.05. The first-order chi connectivity index (χ1) is 35.6. The first-order valence-electron chi connectivity index (χ1n) is 24.5. The van der Waals surface area contributed by atoms with Gasteiger partial charge in [-0.25, -0.2) is 9.97 Å². The highest BCUT2D eigenvalue weighted by Crippen LogP contribution is 2.44. The van der Waals surface area contributed by atoms with Gasteiger partial charge in [0, 0.05) is 85.0 Å². The summed E-state index contributed by atoms with van der Waals surface area (Å²) in [6, 6.07) is 85.8. The molecule has 0 fully saturated rings. The molecular formula is C66H48N6. The summed E-state index contributed by atoms with van der Waals surface area (Å²) in [7, 11) is 0. The van der Waals surface area contributed by atoms with Crippen molar-refractivity contribution in [1.29, 1.82) is 0 Å². The highest BCUT2D eigenvalue weighted by Gasteiger charge is 2.22. The van der Waals surface area contributed by atoms with Gasteiger partial charge in [0.25, 0.3) is 0 Å². The molecule has 0 amide bonds. The van der Waals surface area contributed by atoms with Gasteiger partial charge in [-0.05, 0) is 157 Å². The van der Waals surface area contributed by atoms with Gasteiger partial charge in [-0.15, -0.1) is 0 Å². The van der Waals surface area contributed by atoms with Crippen LogP contribution in [0.4, 0.5) is 34.1 Å². The summed E-state index contributed by atoms with van der Waals surface area (Å²) in [5, 5.41) is 4.74. The van der Waals surface area contributed by atoms with Crippen LogP contribution in [-0.4, -0.2) is 19.1 Å². The maximum Gasteiger partial charge on any atom is 0.115 e. The molecule has 342 valence electrons. The van der Waals surface area contributed by atoms with Crippen molar-refractivity contribution in [2.75, 3.05) is 9.80 Å². The lowest BCUT2D eigenvalue weighted by Gasteiger charge is -2.25. The van der Waals surface area contributed by atoms with Crippen LogP contribution >= 0.6 is 0 Å². The molecule has 13 aromatic rings. The maximum absolute atomic E-state index is 4.37. The van der Waals surface area contributed by atoms with Crippen LogP contribution in [0.3, 0.4) is 0 Å². The molecule has 0 atom stereocenters. The molecular weight excluding hydrogens is 877 g/mol. The van der Waals surface area contributed by atoms with Gasteiger partial charge in [-0.3, -0.25) is 0 Å². The van der Waals surface area contributed by atoms with E-state index in [0.29, 0.717) is 0 Å². The minimum Gasteiger partial charge on any atom is -0.310 e. The van der Waals surface area contributed by atoms with Gasteiger partial charge in [-0.1, -0.05) is 121 Å². The Morgan fingerprint density at radius 1 is 0.306 bits per heavy atom. The lowest BCUT2D eigenvalue weighted by molar-refractivity contribution is 1.13. The fourth-order valence-corrected chi connectivity index (χ4v) is 11.0. The lowest BCUT2D eigenvalue weighted by Crippen LogP contribution is -2.09. The van der Waals surface area contributed by atoms with Crippen LogP contribution in [0.15, 0.2) is 255 Å². The molecule has 0 aliphatic carbocycles. The summed E-state index contributed by atoms with van der Waals surface area (Å²) in [5.41, 5.74) is 20.0. The van der Waals surface area contributed by atoms with Gasteiger partial charge < -0.3 is 18.9 Å². The summed E-state index contributed by atoms with van der Waals surface area (Å²) in [4.78, 5) is 13.4. The van der Waals surface area contributed by atoms with Crippen LogP contribution in [0.25, 0.3) is 77.2 Å². The molecule has 0 aliphatic heterocycles. The Labute approximate surface area is 418 Å². The zero-order chi connectivity index (χ0) is 48.1. The van der Waals surface area contributed by atoms with E-state index in [9.17, 15) is 0 Å². The van der Waals surface area contributed by atoms with E-state index in [0.717, 1.165) is 89.8 Å². The van der Waals surface area contributed by atoms with E-state index in [-0.39, 0.29) is 0 Å². The topological polar surface area (TPSA) is 42.1 Å². The first kappa shape index (κ1) is 42.6. The Kier molecular flexibility index (Phi) is 10.5. The van der Waals surface area contributed by atoms with E-state index in [1.807, 2.05) is 12.4 Å². The van der Waals surface area contributed by atoms with E-state index >= 15 is 0 Å². The minimum absolute atomic E-state index is 1.01. The van der Waals surface area contributed by atoms with E-state index in [2.05, 4.69) is 279 Å². The normalized spacial score (nSPS) is 11.5. The molecule has 72 heavy (non-hydrogen) atoms. The predicted octanol–water partition coefficient (Wildman–Crippen LogP) is 17.6. The monoisotopic (exact) mass is 924 g/mol. The largest absolute Gasteiger partial charge is 0.310 e. The van der Waals surface area contributed by atoms with Crippen molar-refractivity contribution in [2.24, 2.45) is 0 Å². The first-order valence-corrected chi connectivity index (χ1v) is 24.5. The summed E-state index contributed by atoms with van der Waals surface area (Å²) >= 11 is 0. The Hall–Kier alpha value is -9.52. The van der Waals surface area contributed by atoms with Crippen molar-refractivity contribution in [3.63, 3.8) is 0 Å². The van der Waals surface area contributed by atoms with Crippen LogP contribution in [0.5, 0.6) is 0 Å². The third-order valence-corrected chi connectivity index (χ3v) is 14.0. The van der Waals surface area contributed by atoms with E-state index in [1.165, 1.54) is 32.7 Å². The van der Waals surface area contributed by atoms with Crippen LogP contribution in [0.2, 0.25) is 0 Å². The van der Waals surface area contributed by atoms with Crippen molar-refractivity contribution in [2.45, 2.75) is 13.8 Å². The third-order valence-electron chi connectivity index (χ3n) is 14.0. The van der Waals surface area contributed by atoms with E-state index in [1.54, 1.807) is 6.33 Å². The molecule has 0 saturated carbocycles. The molecule has 10 aromatic carbocycles. The Morgan fingerprint density at radius 3 is 1.08 bits per heavy atom. The number of rotatable bonds is 10. The number of hydrogen-bond donors (Lipinski definition) is 0. The molecule has 0 radical (unpaired) electrons. The number of anilines is 6. The SMILES string of the molecule is Cc1cc(-c2cc(-n3c4ccccc4c4cc(N(c5ccccc5)c5ccccc5)ccc43)cc(-n3c4ccccc4c4cc(N(c5ccccc5)c5ccccc5)ccc43)c2)cc(C)c1-c1cncnc1. The zero-order valence-corrected chi connectivity index (χ0v) is 39.9. The van der Waals surface area contributed by atoms with Crippen molar-refractivity contribution in [1.82, 2.24) is 19.1 Å². The van der Waals surface area contributed by atoms with Crippen LogP contribution in [-0.2, 0) is 0 Å². The van der Waals surface area contributed by atoms with Crippen LogP contribution < -0.4 is 9.80 Å². The number of fused-ring (bicyclic) bond motifs is 6. The van der Waals surface area contributed by atoms with Crippen molar-refractivity contribution < 1.29 is 0 Å². The molecule has 6 heteroatoms. The molecule has 0 bridgehead atoms. The van der Waals surface area contributed by atoms with E-state index in [4.69, 9.17) is 0 Å². The maximum atomic E-state index is 4.37. The zero-order valence-electron chi connectivity index (χ0n) is 39.9. The minimum atomic E-state index is 1.01. The van der Waals surface area contributed by atoms with Crippen LogP contribution in [0, 0.1) is 13.8 Å². The predicted molar refractivity (Wildman–Crippen MR) is 300 cm³/mol. The third kappa shape index (κ3) is 7.36. The molecule has 13 rings (SSSR count). The Morgan fingerprint density at radius 2 is 0.667 bits per heavy atom. The summed E-state index contributed by atoms with van der Waals surface area (Å²) in [6.07, 6.45) is 5.39. The average molecular weight is 925 g/mol. The smallest absolute Gasteiger partial charge is 0.115 e. The lowest BCUT2D eigenvalue weighted by atomic mass is 9.92. The molecule has 0 spiro atoms. The van der Waals surface area contributed by atoms with E-state index < -0.39 is 0 Å². The van der Waals surface area contributed by atoms with Crippen LogP contribution in [0.1, 0.15) is 11.1 Å². The molecule has 6 nitrogen and oxygen atoms in total. The Bertz CT molecular complexity index is 3790. The van der Waals surface area contributed by atoms with Crippen molar-refractivity contribution in [3.8, 4) is 33.6 Å². The summed E-state index contributed by atoms with van der Waals surface area (Å²) in [5.74, 6) is 0. The molecule has 3 aromatic heterocycles. The number of para-hydroxylation sites is 6. The number of hydrogen-bond acceptors (Lipinski definition) is 4. The second-order valence-corrected chi connectivity index (χ2v) is 18.5. The van der Waals surface area contributed by atoms with Gasteiger partial charge >= 0.3 is 0 Å². The molecule has 0 unspecified atom stereocenters. The number of aryl methyl sites for hydroxylation is 2. The highest BCUT2D eigenvalue weighted by molar-refractivity contribution is 6.12. The fourth-order valence-electron chi connectivity index (χ4n) is 11.0. The average Bonchev–Trinajstić information content (AvgIpc) is 3.95. The van der Waals surface area contributed by atoms with Gasteiger partial charge in [0.05, 0.1) is 22.1 Å². The van der Waals surface area contributed by atoms with Gasteiger partial charge in [-0.2, -0.15) is 0 Å².